The lowest BCUT2D eigenvalue weighted by Gasteiger charge is -2.25. The van der Waals surface area contributed by atoms with E-state index in [9.17, 15) is 4.79 Å². The summed E-state index contributed by atoms with van der Waals surface area (Å²) in [5.74, 6) is 2.34. The summed E-state index contributed by atoms with van der Waals surface area (Å²) < 4.78 is 10.7. The highest BCUT2D eigenvalue weighted by Crippen LogP contribution is 2.40. The molecule has 0 unspecified atom stereocenters. The van der Waals surface area contributed by atoms with E-state index in [4.69, 9.17) is 9.47 Å². The van der Waals surface area contributed by atoms with Crippen LogP contribution in [0.4, 0.5) is 10.5 Å². The van der Waals surface area contributed by atoms with Crippen LogP contribution in [0, 0.1) is 0 Å². The van der Waals surface area contributed by atoms with Gasteiger partial charge < -0.3 is 19.7 Å². The second-order valence-electron chi connectivity index (χ2n) is 5.36. The third kappa shape index (κ3) is 3.59. The van der Waals surface area contributed by atoms with E-state index in [1.54, 1.807) is 26.0 Å². The summed E-state index contributed by atoms with van der Waals surface area (Å²) in [4.78, 5) is 14.5. The average Bonchev–Trinajstić information content (AvgIpc) is 3.12. The van der Waals surface area contributed by atoms with E-state index < -0.39 is 0 Å². The van der Waals surface area contributed by atoms with Crippen LogP contribution < -0.4 is 14.8 Å². The number of para-hydroxylation sites is 1. The predicted octanol–water partition coefficient (Wildman–Crippen LogP) is 3.98. The van der Waals surface area contributed by atoms with E-state index in [0.29, 0.717) is 6.54 Å². The molecule has 1 N–H and O–H groups in total. The monoisotopic (exact) mass is 344 g/mol. The van der Waals surface area contributed by atoms with E-state index in [1.165, 1.54) is 0 Å². The zero-order chi connectivity index (χ0) is 16.9. The van der Waals surface area contributed by atoms with E-state index >= 15 is 0 Å². The highest BCUT2D eigenvalue weighted by Gasteiger charge is 2.31. The first-order valence-electron chi connectivity index (χ1n) is 7.68. The molecule has 2 amide bonds. The Bertz CT molecular complexity index is 686. The summed E-state index contributed by atoms with van der Waals surface area (Å²) >= 11 is 1.73. The van der Waals surface area contributed by atoms with Gasteiger partial charge in [-0.2, -0.15) is 0 Å². The molecule has 3 rings (SSSR count). The molecular weight excluding hydrogens is 324 g/mol. The van der Waals surface area contributed by atoms with Crippen LogP contribution in [0.3, 0.4) is 0 Å². The fourth-order valence-electron chi connectivity index (χ4n) is 2.64. The largest absolute Gasteiger partial charge is 0.497 e. The number of benzene rings is 2. The van der Waals surface area contributed by atoms with Crippen molar-refractivity contribution in [1.29, 1.82) is 0 Å². The minimum absolute atomic E-state index is 0.0577. The van der Waals surface area contributed by atoms with Crippen LogP contribution >= 0.6 is 11.8 Å². The van der Waals surface area contributed by atoms with Gasteiger partial charge in [0.2, 0.25) is 0 Å². The van der Waals surface area contributed by atoms with Gasteiger partial charge in [-0.3, -0.25) is 0 Å². The van der Waals surface area contributed by atoms with Gasteiger partial charge in [0.05, 0.1) is 14.2 Å². The Labute approximate surface area is 145 Å². The molecule has 0 aliphatic carbocycles. The van der Waals surface area contributed by atoms with E-state index in [-0.39, 0.29) is 11.4 Å². The van der Waals surface area contributed by atoms with Crippen molar-refractivity contribution in [2.24, 2.45) is 0 Å². The number of urea groups is 1. The Morgan fingerprint density at radius 2 is 1.79 bits per heavy atom. The molecule has 1 fully saturated rings. The summed E-state index contributed by atoms with van der Waals surface area (Å²) in [6.07, 6.45) is 0. The van der Waals surface area contributed by atoms with Gasteiger partial charge in [-0.25, -0.2) is 4.79 Å². The van der Waals surface area contributed by atoms with Crippen LogP contribution in [0.2, 0.25) is 0 Å². The van der Waals surface area contributed by atoms with Gasteiger partial charge in [0.25, 0.3) is 0 Å². The molecule has 0 saturated carbocycles. The molecular formula is C18H20N2O3S. The minimum atomic E-state index is -0.0991. The first kappa shape index (κ1) is 16.5. The van der Waals surface area contributed by atoms with Gasteiger partial charge >= 0.3 is 6.03 Å². The van der Waals surface area contributed by atoms with Crippen molar-refractivity contribution >= 4 is 23.5 Å². The standard InChI is InChI=1S/C18H20N2O3S/c1-22-15-10-13(11-16(12-15)23-2)17-20(8-9-24-17)18(21)19-14-6-4-3-5-7-14/h3-7,10-12,17H,8-9H2,1-2H3,(H,19,21)/t17-/m1/s1. The predicted molar refractivity (Wildman–Crippen MR) is 96.9 cm³/mol. The highest BCUT2D eigenvalue weighted by molar-refractivity contribution is 7.99. The van der Waals surface area contributed by atoms with Gasteiger partial charge in [-0.05, 0) is 29.8 Å². The van der Waals surface area contributed by atoms with Crippen LogP contribution in [0.15, 0.2) is 48.5 Å². The molecule has 1 aliphatic rings. The number of hydrogen-bond donors (Lipinski definition) is 1. The summed E-state index contributed by atoms with van der Waals surface area (Å²) in [6.45, 7) is 0.702. The molecule has 0 aromatic heterocycles. The lowest BCUT2D eigenvalue weighted by atomic mass is 10.2. The molecule has 6 heteroatoms. The molecule has 5 nitrogen and oxygen atoms in total. The van der Waals surface area contributed by atoms with Gasteiger partial charge in [-0.15, -0.1) is 11.8 Å². The molecule has 126 valence electrons. The number of carbonyl (C=O) groups is 1. The van der Waals surface area contributed by atoms with Gasteiger partial charge in [0, 0.05) is 24.1 Å². The minimum Gasteiger partial charge on any atom is -0.497 e. The van der Waals surface area contributed by atoms with Crippen LogP contribution in [-0.4, -0.2) is 37.4 Å². The van der Waals surface area contributed by atoms with E-state index in [1.807, 2.05) is 53.4 Å². The third-order valence-electron chi connectivity index (χ3n) is 3.84. The van der Waals surface area contributed by atoms with Crippen LogP contribution in [0.1, 0.15) is 10.9 Å². The number of nitrogens with one attached hydrogen (secondary N) is 1. The Balaban J connectivity index is 1.81. The van der Waals surface area contributed by atoms with Crippen molar-refractivity contribution in [3.05, 3.63) is 54.1 Å². The molecule has 1 aliphatic heterocycles. The molecule has 2 aromatic carbocycles. The molecule has 24 heavy (non-hydrogen) atoms. The number of methoxy groups -OCH3 is 2. The van der Waals surface area contributed by atoms with Crippen molar-refractivity contribution in [2.45, 2.75) is 5.37 Å². The molecule has 1 saturated heterocycles. The van der Waals surface area contributed by atoms with Gasteiger partial charge in [0.1, 0.15) is 16.9 Å². The molecule has 0 radical (unpaired) electrons. The van der Waals surface area contributed by atoms with Crippen molar-refractivity contribution < 1.29 is 14.3 Å². The lowest BCUT2D eigenvalue weighted by molar-refractivity contribution is 0.214. The molecule has 2 aromatic rings. The molecule has 1 heterocycles. The average molecular weight is 344 g/mol. The Hall–Kier alpha value is -2.34. The maximum Gasteiger partial charge on any atom is 0.323 e. The summed E-state index contributed by atoms with van der Waals surface area (Å²) in [5, 5.41) is 2.89. The Kier molecular flexibility index (Phi) is 5.15. The van der Waals surface area contributed by atoms with Crippen LogP contribution in [-0.2, 0) is 0 Å². The van der Waals surface area contributed by atoms with Crippen LogP contribution in [0.25, 0.3) is 0 Å². The number of anilines is 1. The van der Waals surface area contributed by atoms with Gasteiger partial charge in [-0.1, -0.05) is 18.2 Å². The fraction of sp³-hybridized carbons (Fsp3) is 0.278. The van der Waals surface area contributed by atoms with Crippen molar-refractivity contribution in [2.75, 3.05) is 31.8 Å². The number of thioether (sulfide) groups is 1. The van der Waals surface area contributed by atoms with Crippen molar-refractivity contribution in [3.63, 3.8) is 0 Å². The van der Waals surface area contributed by atoms with Gasteiger partial charge in [0.15, 0.2) is 0 Å². The number of nitrogens with zero attached hydrogens (tertiary/aromatic N) is 1. The summed E-state index contributed by atoms with van der Waals surface area (Å²) in [5.41, 5.74) is 1.79. The van der Waals surface area contributed by atoms with E-state index in [0.717, 1.165) is 28.5 Å². The number of hydrogen-bond acceptors (Lipinski definition) is 4. The first-order chi connectivity index (χ1) is 11.7. The smallest absolute Gasteiger partial charge is 0.323 e. The van der Waals surface area contributed by atoms with Crippen LogP contribution in [0.5, 0.6) is 11.5 Å². The molecule has 1 atom stereocenters. The second-order valence-corrected chi connectivity index (χ2v) is 6.55. The Morgan fingerprint density at radius 1 is 1.12 bits per heavy atom. The molecule has 0 spiro atoms. The molecule has 0 bridgehead atoms. The summed E-state index contributed by atoms with van der Waals surface area (Å²) in [6, 6.07) is 15.1. The zero-order valence-corrected chi connectivity index (χ0v) is 14.5. The number of rotatable bonds is 4. The number of amides is 2. The van der Waals surface area contributed by atoms with Crippen molar-refractivity contribution in [1.82, 2.24) is 4.90 Å². The Morgan fingerprint density at radius 3 is 2.42 bits per heavy atom. The fourth-order valence-corrected chi connectivity index (χ4v) is 3.88. The number of ether oxygens (including phenoxy) is 2. The SMILES string of the molecule is COc1cc(OC)cc([C@H]2SCCN2C(=O)Nc2ccccc2)c1. The first-order valence-corrected chi connectivity index (χ1v) is 8.73. The maximum absolute atomic E-state index is 12.6. The normalized spacial score (nSPS) is 16.8. The summed E-state index contributed by atoms with van der Waals surface area (Å²) in [7, 11) is 3.25. The zero-order valence-electron chi connectivity index (χ0n) is 13.7. The lowest BCUT2D eigenvalue weighted by Crippen LogP contribution is -2.34. The third-order valence-corrected chi connectivity index (χ3v) is 5.10. The quantitative estimate of drug-likeness (QED) is 0.911. The van der Waals surface area contributed by atoms with Crippen molar-refractivity contribution in [3.8, 4) is 11.5 Å². The maximum atomic E-state index is 12.6. The highest BCUT2D eigenvalue weighted by atomic mass is 32.2. The number of carbonyl (C=O) groups excluding carboxylic acids is 1. The topological polar surface area (TPSA) is 50.8 Å². The second kappa shape index (κ2) is 7.49. The van der Waals surface area contributed by atoms with E-state index in [2.05, 4.69) is 5.32 Å².